The Morgan fingerprint density at radius 2 is 1.31 bits per heavy atom. The average Bonchev–Trinajstić information content (AvgIpc) is 2.36. The average molecular weight is 228 g/mol. The molecule has 0 aromatic heterocycles. The Hall–Kier alpha value is -1.61. The molecule has 0 fully saturated rings. The standard InChI is InChI=1S/C13H10NOS/c1-14-10-6-2-4-8-12(10)16(15)13-9-5-3-7-11(13)14/h2-9H,1H2/q-1. The SMILES string of the molecule is [CH2-]N1c2ccccc2S(=O)c2ccccc21. The zero-order valence-electron chi connectivity index (χ0n) is 8.59. The first-order valence-electron chi connectivity index (χ1n) is 4.99. The van der Waals surface area contributed by atoms with Crippen LogP contribution in [0.2, 0.25) is 0 Å². The zero-order valence-corrected chi connectivity index (χ0v) is 9.41. The third kappa shape index (κ3) is 1.21. The molecule has 1 aliphatic rings. The van der Waals surface area contributed by atoms with Crippen molar-refractivity contribution in [2.75, 3.05) is 4.90 Å². The number of para-hydroxylation sites is 2. The van der Waals surface area contributed by atoms with Gasteiger partial charge in [0.1, 0.15) is 0 Å². The summed E-state index contributed by atoms with van der Waals surface area (Å²) in [5, 5.41) is 0. The molecule has 0 spiro atoms. The molecule has 1 aliphatic heterocycles. The number of hydrogen-bond donors (Lipinski definition) is 0. The molecule has 0 atom stereocenters. The first kappa shape index (κ1) is 9.60. The van der Waals surface area contributed by atoms with E-state index in [1.165, 1.54) is 0 Å². The van der Waals surface area contributed by atoms with E-state index in [2.05, 4.69) is 7.05 Å². The Morgan fingerprint density at radius 3 is 1.81 bits per heavy atom. The molecule has 0 saturated carbocycles. The van der Waals surface area contributed by atoms with Crippen LogP contribution >= 0.6 is 0 Å². The summed E-state index contributed by atoms with van der Waals surface area (Å²) in [4.78, 5) is 3.50. The Kier molecular flexibility index (Phi) is 2.07. The predicted molar refractivity (Wildman–Crippen MR) is 65.1 cm³/mol. The van der Waals surface area contributed by atoms with E-state index >= 15 is 0 Å². The number of hydrogen-bond acceptors (Lipinski definition) is 2. The van der Waals surface area contributed by atoms with Crippen molar-refractivity contribution in [2.24, 2.45) is 0 Å². The van der Waals surface area contributed by atoms with Gasteiger partial charge in [0, 0.05) is 11.4 Å². The van der Waals surface area contributed by atoms with Gasteiger partial charge in [0.25, 0.3) is 0 Å². The number of rotatable bonds is 0. The quantitative estimate of drug-likeness (QED) is 0.646. The van der Waals surface area contributed by atoms with Crippen LogP contribution in [0.1, 0.15) is 0 Å². The third-order valence-corrected chi connectivity index (χ3v) is 4.20. The van der Waals surface area contributed by atoms with Crippen molar-refractivity contribution in [3.63, 3.8) is 0 Å². The molecule has 0 aliphatic carbocycles. The molecular formula is C13H10NOS-. The highest BCUT2D eigenvalue weighted by atomic mass is 32.2. The molecule has 3 rings (SSSR count). The summed E-state index contributed by atoms with van der Waals surface area (Å²) >= 11 is 0. The van der Waals surface area contributed by atoms with E-state index in [-0.39, 0.29) is 0 Å². The minimum Gasteiger partial charge on any atom is -0.495 e. The molecule has 80 valence electrons. The summed E-state index contributed by atoms with van der Waals surface area (Å²) in [6.45, 7) is 0. The molecule has 1 heterocycles. The van der Waals surface area contributed by atoms with Crippen LogP contribution in [0.4, 0.5) is 11.4 Å². The molecule has 0 unspecified atom stereocenters. The summed E-state index contributed by atoms with van der Waals surface area (Å²) in [5.74, 6) is 0. The lowest BCUT2D eigenvalue weighted by molar-refractivity contribution is 0.682. The summed E-state index contributed by atoms with van der Waals surface area (Å²) in [6.07, 6.45) is 0. The smallest absolute Gasteiger partial charge is 0.0890 e. The van der Waals surface area contributed by atoms with Gasteiger partial charge in [-0.15, -0.1) is 0 Å². The van der Waals surface area contributed by atoms with Crippen molar-refractivity contribution in [1.82, 2.24) is 0 Å². The lowest BCUT2D eigenvalue weighted by atomic mass is 10.2. The Morgan fingerprint density at radius 1 is 0.875 bits per heavy atom. The van der Waals surface area contributed by atoms with Crippen LogP contribution in [0.25, 0.3) is 0 Å². The highest BCUT2D eigenvalue weighted by Crippen LogP contribution is 2.40. The number of nitrogens with zero attached hydrogens (tertiary/aromatic N) is 1. The topological polar surface area (TPSA) is 20.3 Å². The van der Waals surface area contributed by atoms with Gasteiger partial charge in [-0.2, -0.15) is 0 Å². The van der Waals surface area contributed by atoms with Gasteiger partial charge in [0.2, 0.25) is 0 Å². The zero-order chi connectivity index (χ0) is 11.1. The van der Waals surface area contributed by atoms with Crippen LogP contribution < -0.4 is 4.90 Å². The van der Waals surface area contributed by atoms with Gasteiger partial charge in [-0.25, -0.2) is 4.21 Å². The summed E-state index contributed by atoms with van der Waals surface area (Å²) < 4.78 is 12.3. The second-order valence-electron chi connectivity index (χ2n) is 3.63. The minimum absolute atomic E-state index is 0.830. The maximum atomic E-state index is 12.3. The normalized spacial score (nSPS) is 14.4. The van der Waals surface area contributed by atoms with Crippen molar-refractivity contribution in [3.05, 3.63) is 55.6 Å². The summed E-state index contributed by atoms with van der Waals surface area (Å²) in [6, 6.07) is 15.3. The Bertz CT molecular complexity index is 530. The van der Waals surface area contributed by atoms with Crippen LogP contribution in [0, 0.1) is 7.05 Å². The van der Waals surface area contributed by atoms with E-state index in [9.17, 15) is 4.21 Å². The fraction of sp³-hybridized carbons (Fsp3) is 0. The first-order valence-corrected chi connectivity index (χ1v) is 6.14. The lowest BCUT2D eigenvalue weighted by Crippen LogP contribution is -2.16. The van der Waals surface area contributed by atoms with Crippen LogP contribution in [0.15, 0.2) is 58.3 Å². The van der Waals surface area contributed by atoms with Gasteiger partial charge >= 0.3 is 0 Å². The molecule has 2 aromatic carbocycles. The van der Waals surface area contributed by atoms with E-state index in [0.29, 0.717) is 0 Å². The molecule has 0 bridgehead atoms. The minimum atomic E-state index is -1.09. The third-order valence-electron chi connectivity index (χ3n) is 2.71. The second-order valence-corrected chi connectivity index (χ2v) is 5.05. The van der Waals surface area contributed by atoms with Gasteiger partial charge in [0.05, 0.1) is 20.6 Å². The van der Waals surface area contributed by atoms with Crippen molar-refractivity contribution in [2.45, 2.75) is 9.79 Å². The number of anilines is 2. The molecule has 3 heteroatoms. The molecule has 16 heavy (non-hydrogen) atoms. The maximum Gasteiger partial charge on any atom is 0.0890 e. The molecule has 0 saturated heterocycles. The van der Waals surface area contributed by atoms with Crippen molar-refractivity contribution in [3.8, 4) is 0 Å². The predicted octanol–water partition coefficient (Wildman–Crippen LogP) is 3.10. The largest absolute Gasteiger partial charge is 0.495 e. The summed E-state index contributed by atoms with van der Waals surface area (Å²) in [7, 11) is 2.92. The molecular weight excluding hydrogens is 218 g/mol. The van der Waals surface area contributed by atoms with Crippen molar-refractivity contribution >= 4 is 22.2 Å². The number of fused-ring (bicyclic) bond motifs is 2. The fourth-order valence-electron chi connectivity index (χ4n) is 1.92. The van der Waals surface area contributed by atoms with E-state index < -0.39 is 10.8 Å². The second kappa shape index (κ2) is 3.46. The van der Waals surface area contributed by atoms with Gasteiger partial charge in [-0.3, -0.25) is 7.05 Å². The maximum absolute atomic E-state index is 12.3. The van der Waals surface area contributed by atoms with Gasteiger partial charge < -0.3 is 4.90 Å². The summed E-state index contributed by atoms with van der Waals surface area (Å²) in [5.41, 5.74) is 1.83. The number of benzene rings is 2. The van der Waals surface area contributed by atoms with Crippen LogP contribution in [-0.4, -0.2) is 4.21 Å². The Labute approximate surface area is 97.0 Å². The van der Waals surface area contributed by atoms with Gasteiger partial charge in [-0.1, -0.05) is 24.3 Å². The van der Waals surface area contributed by atoms with E-state index in [1.807, 2.05) is 53.4 Å². The Balaban J connectivity index is 2.30. The molecule has 0 amide bonds. The lowest BCUT2D eigenvalue weighted by Gasteiger charge is -2.35. The van der Waals surface area contributed by atoms with Crippen molar-refractivity contribution in [1.29, 1.82) is 0 Å². The van der Waals surface area contributed by atoms with Gasteiger partial charge in [-0.05, 0) is 24.3 Å². The van der Waals surface area contributed by atoms with E-state index in [4.69, 9.17) is 0 Å². The molecule has 2 aromatic rings. The van der Waals surface area contributed by atoms with Crippen LogP contribution in [0.3, 0.4) is 0 Å². The van der Waals surface area contributed by atoms with E-state index in [1.54, 1.807) is 0 Å². The molecule has 0 radical (unpaired) electrons. The van der Waals surface area contributed by atoms with Crippen LogP contribution in [0.5, 0.6) is 0 Å². The first-order chi connectivity index (χ1) is 7.79. The molecule has 0 N–H and O–H groups in total. The fourth-order valence-corrected chi connectivity index (χ4v) is 3.30. The van der Waals surface area contributed by atoms with Gasteiger partial charge in [0.15, 0.2) is 0 Å². The van der Waals surface area contributed by atoms with Crippen molar-refractivity contribution < 1.29 is 4.21 Å². The van der Waals surface area contributed by atoms with E-state index in [0.717, 1.165) is 21.2 Å². The highest BCUT2D eigenvalue weighted by molar-refractivity contribution is 7.85. The monoisotopic (exact) mass is 228 g/mol. The van der Waals surface area contributed by atoms with Crippen LogP contribution in [-0.2, 0) is 10.8 Å². The highest BCUT2D eigenvalue weighted by Gasteiger charge is 2.21. The molecule has 2 nitrogen and oxygen atoms in total.